The molecule has 0 atom stereocenters. The summed E-state index contributed by atoms with van der Waals surface area (Å²) >= 11 is 0. The highest BCUT2D eigenvalue weighted by molar-refractivity contribution is 6.31. The molecule has 0 unspecified atom stereocenters. The molecule has 1 heterocycles. The Morgan fingerprint density at radius 1 is 1.17 bits per heavy atom. The molecule has 3 rings (SSSR count). The molecule has 2 aromatic carbocycles. The molecule has 0 bridgehead atoms. The normalized spacial score (nSPS) is 15.2. The van der Waals surface area contributed by atoms with E-state index in [9.17, 15) is 18.0 Å². The Hall–Kier alpha value is -2.96. The third-order valence-electron chi connectivity index (χ3n) is 3.60. The molecule has 0 aromatic heterocycles. The zero-order valence-corrected chi connectivity index (χ0v) is 12.6. The molecule has 0 saturated heterocycles. The number of amides is 1. The standard InChI is InChI=1S/C17H13F3N2O2/c1-24-15-7-6-10(8-13(15)17(18,19)20)21-9-12-11-4-2-3-5-14(11)22-16(12)23/h2-9,21H,1H3,(H,22,23)/b12-9+. The Morgan fingerprint density at radius 2 is 1.92 bits per heavy atom. The van der Waals surface area contributed by atoms with Crippen molar-refractivity contribution in [2.75, 3.05) is 17.7 Å². The molecular weight excluding hydrogens is 321 g/mol. The van der Waals surface area contributed by atoms with Gasteiger partial charge in [0.15, 0.2) is 0 Å². The lowest BCUT2D eigenvalue weighted by Gasteiger charge is -2.13. The maximum atomic E-state index is 13.0. The second-order valence-corrected chi connectivity index (χ2v) is 5.11. The fourth-order valence-corrected chi connectivity index (χ4v) is 2.46. The molecule has 7 heteroatoms. The Balaban J connectivity index is 1.91. The Morgan fingerprint density at radius 3 is 2.62 bits per heavy atom. The number of benzene rings is 2. The van der Waals surface area contributed by atoms with Crippen LogP contribution in [0.15, 0.2) is 48.7 Å². The van der Waals surface area contributed by atoms with Crippen molar-refractivity contribution in [2.24, 2.45) is 0 Å². The van der Waals surface area contributed by atoms with E-state index in [2.05, 4.69) is 10.6 Å². The number of hydrogen-bond donors (Lipinski definition) is 2. The van der Waals surface area contributed by atoms with Gasteiger partial charge in [-0.25, -0.2) is 0 Å². The summed E-state index contributed by atoms with van der Waals surface area (Å²) in [6, 6.07) is 10.7. The molecule has 1 amide bonds. The highest BCUT2D eigenvalue weighted by Gasteiger charge is 2.34. The van der Waals surface area contributed by atoms with Crippen LogP contribution >= 0.6 is 0 Å². The molecule has 0 saturated carbocycles. The number of anilines is 2. The third-order valence-corrected chi connectivity index (χ3v) is 3.60. The minimum absolute atomic E-state index is 0.202. The molecule has 124 valence electrons. The second-order valence-electron chi connectivity index (χ2n) is 5.11. The molecule has 24 heavy (non-hydrogen) atoms. The van der Waals surface area contributed by atoms with Crippen molar-refractivity contribution in [1.82, 2.24) is 0 Å². The van der Waals surface area contributed by atoms with Crippen LogP contribution in [-0.4, -0.2) is 13.0 Å². The largest absolute Gasteiger partial charge is 0.496 e. The number of hydrogen-bond acceptors (Lipinski definition) is 3. The molecule has 2 aromatic rings. The number of carbonyl (C=O) groups excluding carboxylic acids is 1. The van der Waals surface area contributed by atoms with Crippen LogP contribution in [0.2, 0.25) is 0 Å². The topological polar surface area (TPSA) is 50.4 Å². The van der Waals surface area contributed by atoms with Gasteiger partial charge >= 0.3 is 6.18 Å². The van der Waals surface area contributed by atoms with Crippen LogP contribution in [0.1, 0.15) is 11.1 Å². The molecule has 0 fully saturated rings. The SMILES string of the molecule is COc1ccc(N/C=C2/C(=O)Nc3ccccc32)cc1C(F)(F)F. The maximum Gasteiger partial charge on any atom is 0.420 e. The van der Waals surface area contributed by atoms with Crippen molar-refractivity contribution in [2.45, 2.75) is 6.18 Å². The number of carbonyl (C=O) groups is 1. The first-order valence-corrected chi connectivity index (χ1v) is 7.03. The van der Waals surface area contributed by atoms with Crippen molar-refractivity contribution < 1.29 is 22.7 Å². The second kappa shape index (κ2) is 5.92. The summed E-state index contributed by atoms with van der Waals surface area (Å²) in [5, 5.41) is 5.43. The smallest absolute Gasteiger partial charge is 0.420 e. The Labute approximate surface area is 135 Å². The van der Waals surface area contributed by atoms with Crippen LogP contribution in [0.5, 0.6) is 5.75 Å². The van der Waals surface area contributed by atoms with Crippen molar-refractivity contribution >= 4 is 22.9 Å². The third kappa shape index (κ3) is 2.92. The van der Waals surface area contributed by atoms with E-state index >= 15 is 0 Å². The van der Waals surface area contributed by atoms with Gasteiger partial charge in [-0.05, 0) is 24.3 Å². The summed E-state index contributed by atoms with van der Waals surface area (Å²) in [5.74, 6) is -0.571. The van der Waals surface area contributed by atoms with E-state index in [4.69, 9.17) is 4.74 Å². The number of ether oxygens (including phenoxy) is 1. The number of rotatable bonds is 3. The highest BCUT2D eigenvalue weighted by Crippen LogP contribution is 2.38. The van der Waals surface area contributed by atoms with E-state index in [0.29, 0.717) is 16.8 Å². The molecule has 1 aliphatic rings. The zero-order chi connectivity index (χ0) is 17.3. The first-order valence-electron chi connectivity index (χ1n) is 7.03. The fraction of sp³-hybridized carbons (Fsp3) is 0.118. The van der Waals surface area contributed by atoms with Gasteiger partial charge in [0.25, 0.3) is 5.91 Å². The summed E-state index contributed by atoms with van der Waals surface area (Å²) in [7, 11) is 1.18. The van der Waals surface area contributed by atoms with Gasteiger partial charge < -0.3 is 15.4 Å². The van der Waals surface area contributed by atoms with Gasteiger partial charge in [0.2, 0.25) is 0 Å². The van der Waals surface area contributed by atoms with Gasteiger partial charge in [0, 0.05) is 23.1 Å². The van der Waals surface area contributed by atoms with Crippen molar-refractivity contribution in [3.8, 4) is 5.75 Å². The van der Waals surface area contributed by atoms with E-state index in [1.165, 1.54) is 25.4 Å². The van der Waals surface area contributed by atoms with Gasteiger partial charge in [-0.1, -0.05) is 18.2 Å². The van der Waals surface area contributed by atoms with Crippen LogP contribution in [0.3, 0.4) is 0 Å². The molecule has 2 N–H and O–H groups in total. The van der Waals surface area contributed by atoms with Crippen LogP contribution in [-0.2, 0) is 11.0 Å². The molecule has 0 aliphatic carbocycles. The van der Waals surface area contributed by atoms with Crippen LogP contribution in [0.4, 0.5) is 24.5 Å². The van der Waals surface area contributed by atoms with Crippen LogP contribution in [0.25, 0.3) is 5.57 Å². The maximum absolute atomic E-state index is 13.0. The van der Waals surface area contributed by atoms with Crippen LogP contribution < -0.4 is 15.4 Å². The molecule has 0 spiro atoms. The van der Waals surface area contributed by atoms with Gasteiger partial charge in [-0.2, -0.15) is 13.2 Å². The zero-order valence-electron chi connectivity index (χ0n) is 12.6. The first kappa shape index (κ1) is 15.9. The predicted octanol–water partition coefficient (Wildman–Crippen LogP) is 4.12. The number of alkyl halides is 3. The minimum Gasteiger partial charge on any atom is -0.496 e. The van der Waals surface area contributed by atoms with E-state index in [1.807, 2.05) is 0 Å². The monoisotopic (exact) mass is 334 g/mol. The molecule has 4 nitrogen and oxygen atoms in total. The number of nitrogens with one attached hydrogen (secondary N) is 2. The number of methoxy groups -OCH3 is 1. The summed E-state index contributed by atoms with van der Waals surface area (Å²) < 4.78 is 43.8. The van der Waals surface area contributed by atoms with Gasteiger partial charge in [0.1, 0.15) is 5.75 Å². The van der Waals surface area contributed by atoms with Crippen LogP contribution in [0, 0.1) is 0 Å². The van der Waals surface area contributed by atoms with E-state index in [-0.39, 0.29) is 17.3 Å². The summed E-state index contributed by atoms with van der Waals surface area (Å²) in [6.07, 6.45) is -3.14. The summed E-state index contributed by atoms with van der Waals surface area (Å²) in [4.78, 5) is 12.0. The van der Waals surface area contributed by atoms with E-state index < -0.39 is 11.7 Å². The number of fused-ring (bicyclic) bond motifs is 1. The lowest BCUT2D eigenvalue weighted by atomic mass is 10.1. The molecule has 1 aliphatic heterocycles. The average Bonchev–Trinajstić information content (AvgIpc) is 2.87. The summed E-state index contributed by atoms with van der Waals surface area (Å²) in [5.41, 5.74) is 1.04. The van der Waals surface area contributed by atoms with Crippen molar-refractivity contribution in [3.05, 3.63) is 59.8 Å². The van der Waals surface area contributed by atoms with E-state index in [0.717, 1.165) is 6.07 Å². The van der Waals surface area contributed by atoms with Crippen molar-refractivity contribution in [3.63, 3.8) is 0 Å². The number of halogens is 3. The van der Waals surface area contributed by atoms with Gasteiger partial charge in [-0.3, -0.25) is 4.79 Å². The van der Waals surface area contributed by atoms with Gasteiger partial charge in [-0.15, -0.1) is 0 Å². The predicted molar refractivity (Wildman–Crippen MR) is 84.7 cm³/mol. The number of para-hydroxylation sites is 1. The molecule has 0 radical (unpaired) electrons. The van der Waals surface area contributed by atoms with Gasteiger partial charge in [0.05, 0.1) is 18.2 Å². The Kier molecular flexibility index (Phi) is 3.92. The highest BCUT2D eigenvalue weighted by atomic mass is 19.4. The molecular formula is C17H13F3N2O2. The quantitative estimate of drug-likeness (QED) is 0.830. The summed E-state index contributed by atoms with van der Waals surface area (Å²) in [6.45, 7) is 0. The minimum atomic E-state index is -4.53. The Bertz CT molecular complexity index is 829. The first-order chi connectivity index (χ1) is 11.4. The lowest BCUT2D eigenvalue weighted by Crippen LogP contribution is -2.08. The lowest BCUT2D eigenvalue weighted by molar-refractivity contribution is -0.138. The average molecular weight is 334 g/mol. The fourth-order valence-electron chi connectivity index (χ4n) is 2.46. The van der Waals surface area contributed by atoms with Crippen molar-refractivity contribution in [1.29, 1.82) is 0 Å². The van der Waals surface area contributed by atoms with E-state index in [1.54, 1.807) is 24.3 Å².